The molecule has 0 saturated carbocycles. The predicted octanol–water partition coefficient (Wildman–Crippen LogP) is 4.50. The lowest BCUT2D eigenvalue weighted by molar-refractivity contribution is -0.139. The second-order valence-electron chi connectivity index (χ2n) is 8.47. The average Bonchev–Trinajstić information content (AvgIpc) is 3.06. The van der Waals surface area contributed by atoms with Crippen LogP contribution in [0.2, 0.25) is 0 Å². The molecule has 1 atom stereocenters. The van der Waals surface area contributed by atoms with Gasteiger partial charge < -0.3 is 19.8 Å². The zero-order valence-electron chi connectivity index (χ0n) is 18.6. The van der Waals surface area contributed by atoms with Crippen LogP contribution in [-0.2, 0) is 22.4 Å². The van der Waals surface area contributed by atoms with Crippen molar-refractivity contribution in [1.82, 2.24) is 4.90 Å². The summed E-state index contributed by atoms with van der Waals surface area (Å²) in [7, 11) is 1.46. The second kappa shape index (κ2) is 9.07. The summed E-state index contributed by atoms with van der Waals surface area (Å²) < 4.78 is 5.13. The first-order chi connectivity index (χ1) is 15.5. The number of methoxy groups -OCH3 is 1. The van der Waals surface area contributed by atoms with Crippen LogP contribution in [-0.4, -0.2) is 40.5 Å². The Morgan fingerprint density at radius 1 is 1.09 bits per heavy atom. The highest BCUT2D eigenvalue weighted by Gasteiger charge is 2.46. The van der Waals surface area contributed by atoms with E-state index in [9.17, 15) is 19.8 Å². The molecule has 1 fully saturated rings. The van der Waals surface area contributed by atoms with Crippen LogP contribution in [0.15, 0.2) is 42.0 Å². The second-order valence-corrected chi connectivity index (χ2v) is 8.47. The lowest BCUT2D eigenvalue weighted by atomic mass is 9.88. The Balaban J connectivity index is 1.84. The minimum atomic E-state index is -0.769. The minimum absolute atomic E-state index is 0.0615. The summed E-state index contributed by atoms with van der Waals surface area (Å²) in [5, 5.41) is 21.6. The number of hydrogen-bond acceptors (Lipinski definition) is 5. The third-order valence-electron chi connectivity index (χ3n) is 6.43. The molecule has 2 aliphatic rings. The van der Waals surface area contributed by atoms with Crippen molar-refractivity contribution in [3.05, 3.63) is 64.2 Å². The van der Waals surface area contributed by atoms with E-state index in [2.05, 4.69) is 0 Å². The van der Waals surface area contributed by atoms with Crippen molar-refractivity contribution < 1.29 is 24.5 Å². The van der Waals surface area contributed by atoms with Crippen molar-refractivity contribution in [2.24, 2.45) is 0 Å². The van der Waals surface area contributed by atoms with E-state index < -0.39 is 17.7 Å². The van der Waals surface area contributed by atoms with Crippen LogP contribution in [0.1, 0.15) is 60.9 Å². The number of aryl methyl sites for hydroxylation is 2. The number of Topliss-reactive ketones (excluding diaryl/α,β-unsaturated/α-hetero) is 1. The molecule has 1 unspecified atom stereocenters. The maximum atomic E-state index is 13.1. The number of aliphatic hydroxyl groups excluding tert-OH is 1. The van der Waals surface area contributed by atoms with Crippen LogP contribution in [0.3, 0.4) is 0 Å². The number of ketones is 1. The van der Waals surface area contributed by atoms with Gasteiger partial charge in [-0.1, -0.05) is 31.5 Å². The maximum Gasteiger partial charge on any atom is 0.295 e. The number of aliphatic hydroxyl groups is 1. The van der Waals surface area contributed by atoms with Crippen molar-refractivity contribution in [2.75, 3.05) is 13.7 Å². The van der Waals surface area contributed by atoms with Gasteiger partial charge in [0.05, 0.1) is 18.7 Å². The normalized spacial score (nSPS) is 19.8. The van der Waals surface area contributed by atoms with E-state index in [1.165, 1.54) is 29.2 Å². The van der Waals surface area contributed by atoms with E-state index in [0.29, 0.717) is 23.4 Å². The number of nitrogens with zero attached hydrogens (tertiary/aromatic N) is 1. The first kappa shape index (κ1) is 21.9. The largest absolute Gasteiger partial charge is 0.507 e. The fourth-order valence-electron chi connectivity index (χ4n) is 4.70. The topological polar surface area (TPSA) is 87.1 Å². The molecule has 2 N–H and O–H groups in total. The molecule has 168 valence electrons. The molecular formula is C26H29NO5. The van der Waals surface area contributed by atoms with Crippen LogP contribution < -0.4 is 4.74 Å². The average molecular weight is 436 g/mol. The summed E-state index contributed by atoms with van der Waals surface area (Å²) in [6, 6.07) is 9.80. The Morgan fingerprint density at radius 2 is 1.84 bits per heavy atom. The van der Waals surface area contributed by atoms with Gasteiger partial charge in [-0.05, 0) is 67.0 Å². The summed E-state index contributed by atoms with van der Waals surface area (Å²) in [6.07, 6.45) is 5.80. The Labute approximate surface area is 188 Å². The van der Waals surface area contributed by atoms with Gasteiger partial charge in [0.1, 0.15) is 5.76 Å². The molecule has 0 radical (unpaired) electrons. The number of aromatic hydroxyl groups is 1. The van der Waals surface area contributed by atoms with Crippen molar-refractivity contribution in [3.63, 3.8) is 0 Å². The highest BCUT2D eigenvalue weighted by molar-refractivity contribution is 6.46. The number of ether oxygens (including phenoxy) is 1. The van der Waals surface area contributed by atoms with Gasteiger partial charge in [-0.3, -0.25) is 9.59 Å². The monoisotopic (exact) mass is 435 g/mol. The molecule has 1 aliphatic heterocycles. The van der Waals surface area contributed by atoms with E-state index in [4.69, 9.17) is 4.74 Å². The van der Waals surface area contributed by atoms with Gasteiger partial charge in [-0.15, -0.1) is 0 Å². The molecule has 6 heteroatoms. The molecule has 1 amide bonds. The number of fused-ring (bicyclic) bond motifs is 1. The van der Waals surface area contributed by atoms with E-state index >= 15 is 0 Å². The first-order valence-electron chi connectivity index (χ1n) is 11.2. The lowest BCUT2D eigenvalue weighted by Crippen LogP contribution is -2.30. The number of rotatable bonds is 6. The SMILES string of the molecule is CCCCN1C(=O)C(=O)/C(=C(\O)c2ccc3c(c2)CCCC3)C1c1ccc(OC)c(O)c1. The quantitative estimate of drug-likeness (QED) is 0.396. The van der Waals surface area contributed by atoms with E-state index in [0.717, 1.165) is 38.5 Å². The van der Waals surface area contributed by atoms with E-state index in [1.807, 2.05) is 25.1 Å². The number of carbonyl (C=O) groups is 2. The minimum Gasteiger partial charge on any atom is -0.507 e. The van der Waals surface area contributed by atoms with Crippen LogP contribution in [0.4, 0.5) is 0 Å². The Kier molecular flexibility index (Phi) is 6.21. The Bertz CT molecular complexity index is 1090. The van der Waals surface area contributed by atoms with Gasteiger partial charge in [-0.25, -0.2) is 0 Å². The highest BCUT2D eigenvalue weighted by Crippen LogP contribution is 2.42. The van der Waals surface area contributed by atoms with Gasteiger partial charge in [0.25, 0.3) is 11.7 Å². The standard InChI is InChI=1S/C26H29NO5/c1-3-4-13-27-23(18-11-12-21(32-2)20(28)15-18)22(25(30)26(27)31)24(29)19-10-9-16-7-5-6-8-17(16)14-19/h9-12,14-15,23,28-29H,3-8,13H2,1-2H3/b24-22-. The number of likely N-dealkylation sites (tertiary alicyclic amines) is 1. The molecule has 2 aromatic rings. The molecule has 32 heavy (non-hydrogen) atoms. The van der Waals surface area contributed by atoms with Gasteiger partial charge in [0.15, 0.2) is 11.5 Å². The van der Waals surface area contributed by atoms with Gasteiger partial charge >= 0.3 is 0 Å². The molecular weight excluding hydrogens is 406 g/mol. The molecule has 1 heterocycles. The Hall–Kier alpha value is -3.28. The number of hydrogen-bond donors (Lipinski definition) is 2. The van der Waals surface area contributed by atoms with Crippen molar-refractivity contribution in [1.29, 1.82) is 0 Å². The number of carbonyl (C=O) groups excluding carboxylic acids is 2. The van der Waals surface area contributed by atoms with Crippen LogP contribution in [0.5, 0.6) is 11.5 Å². The Morgan fingerprint density at radius 3 is 2.53 bits per heavy atom. The van der Waals surface area contributed by atoms with Crippen molar-refractivity contribution in [2.45, 2.75) is 51.5 Å². The third-order valence-corrected chi connectivity index (χ3v) is 6.43. The molecule has 0 bridgehead atoms. The first-order valence-corrected chi connectivity index (χ1v) is 11.2. The lowest BCUT2D eigenvalue weighted by Gasteiger charge is -2.25. The number of benzene rings is 2. The van der Waals surface area contributed by atoms with Gasteiger partial charge in [0, 0.05) is 12.1 Å². The maximum absolute atomic E-state index is 13.1. The fraction of sp³-hybridized carbons (Fsp3) is 0.385. The van der Waals surface area contributed by atoms with Crippen molar-refractivity contribution >= 4 is 17.4 Å². The van der Waals surface area contributed by atoms with Crippen LogP contribution >= 0.6 is 0 Å². The van der Waals surface area contributed by atoms with Gasteiger partial charge in [0.2, 0.25) is 0 Å². The van der Waals surface area contributed by atoms with Crippen LogP contribution in [0.25, 0.3) is 5.76 Å². The van der Waals surface area contributed by atoms with E-state index in [-0.39, 0.29) is 17.1 Å². The summed E-state index contributed by atoms with van der Waals surface area (Å²) >= 11 is 0. The zero-order chi connectivity index (χ0) is 22.8. The summed E-state index contributed by atoms with van der Waals surface area (Å²) in [4.78, 5) is 27.5. The predicted molar refractivity (Wildman–Crippen MR) is 122 cm³/mol. The summed E-state index contributed by atoms with van der Waals surface area (Å²) in [6.45, 7) is 2.40. The van der Waals surface area contributed by atoms with Gasteiger partial charge in [-0.2, -0.15) is 0 Å². The number of amides is 1. The number of phenolic OH excluding ortho intramolecular Hbond substituents is 1. The number of unbranched alkanes of at least 4 members (excludes halogenated alkanes) is 1. The fourth-order valence-corrected chi connectivity index (χ4v) is 4.70. The molecule has 0 spiro atoms. The summed E-state index contributed by atoms with van der Waals surface area (Å²) in [5.74, 6) is -1.28. The summed E-state index contributed by atoms with van der Waals surface area (Å²) in [5.41, 5.74) is 3.61. The molecule has 1 aliphatic carbocycles. The van der Waals surface area contributed by atoms with Crippen molar-refractivity contribution in [3.8, 4) is 11.5 Å². The molecule has 2 aromatic carbocycles. The highest BCUT2D eigenvalue weighted by atomic mass is 16.5. The van der Waals surface area contributed by atoms with Crippen LogP contribution in [0, 0.1) is 0 Å². The smallest absolute Gasteiger partial charge is 0.295 e. The number of phenols is 1. The van der Waals surface area contributed by atoms with E-state index in [1.54, 1.807) is 12.1 Å². The zero-order valence-corrected chi connectivity index (χ0v) is 18.6. The molecule has 4 rings (SSSR count). The third kappa shape index (κ3) is 3.85. The molecule has 0 aromatic heterocycles. The molecule has 1 saturated heterocycles. The molecule has 6 nitrogen and oxygen atoms in total.